The summed E-state index contributed by atoms with van der Waals surface area (Å²) in [5.74, 6) is 0.309. The number of amides is 1. The molecular weight excluding hydrogens is 266 g/mol. The highest BCUT2D eigenvalue weighted by molar-refractivity contribution is 6.32. The van der Waals surface area contributed by atoms with Crippen molar-refractivity contribution in [2.75, 3.05) is 11.9 Å². The number of furan rings is 1. The van der Waals surface area contributed by atoms with Gasteiger partial charge in [-0.1, -0.05) is 19.1 Å². The Labute approximate surface area is 116 Å². The molecule has 0 atom stereocenters. The molecule has 0 aliphatic heterocycles. The first-order valence-corrected chi connectivity index (χ1v) is 6.36. The fourth-order valence-electron chi connectivity index (χ4n) is 1.55. The fourth-order valence-corrected chi connectivity index (χ4v) is 1.75. The minimum absolute atomic E-state index is 0.0736. The maximum atomic E-state index is 12.0. The lowest BCUT2D eigenvalue weighted by molar-refractivity contribution is 0.102. The van der Waals surface area contributed by atoms with Crippen LogP contribution in [0.4, 0.5) is 5.69 Å². The van der Waals surface area contributed by atoms with Gasteiger partial charge in [0, 0.05) is 0 Å². The lowest BCUT2D eigenvalue weighted by Gasteiger charge is -2.11. The smallest absolute Gasteiger partial charge is 0.260 e. The van der Waals surface area contributed by atoms with Gasteiger partial charge >= 0.3 is 0 Å². The molecule has 1 aromatic heterocycles. The third-order valence-corrected chi connectivity index (χ3v) is 2.75. The zero-order valence-electron chi connectivity index (χ0n) is 10.5. The topological polar surface area (TPSA) is 51.5 Å². The Bertz CT molecular complexity index is 565. The minimum Gasteiger partial charge on any atom is -0.491 e. The molecule has 0 fully saturated rings. The molecule has 0 unspecified atom stereocenters. The molecule has 0 bridgehead atoms. The molecule has 2 aromatic rings. The Morgan fingerprint density at radius 1 is 1.37 bits per heavy atom. The third-order valence-electron chi connectivity index (χ3n) is 2.46. The Morgan fingerprint density at radius 3 is 2.84 bits per heavy atom. The van der Waals surface area contributed by atoms with E-state index in [9.17, 15) is 4.79 Å². The van der Waals surface area contributed by atoms with Gasteiger partial charge in [-0.3, -0.25) is 4.79 Å². The van der Waals surface area contributed by atoms with Gasteiger partial charge in [0.2, 0.25) is 5.22 Å². The van der Waals surface area contributed by atoms with Gasteiger partial charge in [-0.15, -0.1) is 0 Å². The number of nitrogens with one attached hydrogen (secondary N) is 1. The molecule has 1 aromatic carbocycles. The van der Waals surface area contributed by atoms with Gasteiger partial charge in [0.15, 0.2) is 0 Å². The lowest BCUT2D eigenvalue weighted by atomic mass is 10.2. The second kappa shape index (κ2) is 6.29. The molecule has 0 aliphatic carbocycles. The van der Waals surface area contributed by atoms with Crippen molar-refractivity contribution in [3.05, 3.63) is 47.4 Å². The molecule has 0 spiro atoms. The van der Waals surface area contributed by atoms with Gasteiger partial charge in [-0.2, -0.15) is 0 Å². The van der Waals surface area contributed by atoms with Crippen LogP contribution in [0.1, 0.15) is 23.7 Å². The highest BCUT2D eigenvalue weighted by atomic mass is 35.5. The Kier molecular flexibility index (Phi) is 4.47. The van der Waals surface area contributed by atoms with Crippen LogP contribution in [0, 0.1) is 0 Å². The van der Waals surface area contributed by atoms with E-state index < -0.39 is 0 Å². The Morgan fingerprint density at radius 2 is 2.16 bits per heavy atom. The number of hydrogen-bond acceptors (Lipinski definition) is 3. The van der Waals surface area contributed by atoms with Crippen LogP contribution in [0.2, 0.25) is 5.22 Å². The molecule has 4 nitrogen and oxygen atoms in total. The Hall–Kier alpha value is -1.94. The van der Waals surface area contributed by atoms with Crippen molar-refractivity contribution < 1.29 is 13.9 Å². The number of ether oxygens (including phenoxy) is 1. The lowest BCUT2D eigenvalue weighted by Crippen LogP contribution is -2.12. The molecule has 2 rings (SSSR count). The highest BCUT2D eigenvalue weighted by Gasteiger charge is 2.14. The number of rotatable bonds is 5. The van der Waals surface area contributed by atoms with Gasteiger partial charge in [0.25, 0.3) is 5.91 Å². The van der Waals surface area contributed by atoms with Gasteiger partial charge < -0.3 is 14.5 Å². The van der Waals surface area contributed by atoms with Crippen LogP contribution in [0.3, 0.4) is 0 Å². The van der Waals surface area contributed by atoms with Crippen LogP contribution < -0.4 is 10.1 Å². The zero-order chi connectivity index (χ0) is 13.7. The predicted octanol–water partition coefficient (Wildman–Crippen LogP) is 3.97. The molecule has 0 saturated heterocycles. The van der Waals surface area contributed by atoms with Gasteiger partial charge in [-0.05, 0) is 36.2 Å². The van der Waals surface area contributed by atoms with E-state index >= 15 is 0 Å². The molecule has 0 saturated carbocycles. The average molecular weight is 280 g/mol. The van der Waals surface area contributed by atoms with Crippen LogP contribution in [-0.2, 0) is 0 Å². The number of hydrogen-bond donors (Lipinski definition) is 1. The molecule has 1 N–H and O–H groups in total. The van der Waals surface area contributed by atoms with Crippen LogP contribution in [0.25, 0.3) is 0 Å². The monoisotopic (exact) mass is 279 g/mol. The van der Waals surface area contributed by atoms with E-state index in [4.69, 9.17) is 20.8 Å². The summed E-state index contributed by atoms with van der Waals surface area (Å²) in [7, 11) is 0. The van der Waals surface area contributed by atoms with Crippen molar-refractivity contribution in [3.8, 4) is 5.75 Å². The van der Waals surface area contributed by atoms with Gasteiger partial charge in [-0.25, -0.2) is 0 Å². The summed E-state index contributed by atoms with van der Waals surface area (Å²) in [5, 5.41) is 2.83. The van der Waals surface area contributed by atoms with Crippen molar-refractivity contribution in [1.82, 2.24) is 0 Å². The number of halogens is 1. The molecule has 100 valence electrons. The van der Waals surface area contributed by atoms with E-state index in [1.807, 2.05) is 25.1 Å². The van der Waals surface area contributed by atoms with Crippen molar-refractivity contribution >= 4 is 23.2 Å². The highest BCUT2D eigenvalue weighted by Crippen LogP contribution is 2.25. The summed E-state index contributed by atoms with van der Waals surface area (Å²) in [5.41, 5.74) is 0.908. The summed E-state index contributed by atoms with van der Waals surface area (Å²) in [6, 6.07) is 8.78. The van der Waals surface area contributed by atoms with Crippen LogP contribution in [0.15, 0.2) is 41.0 Å². The standard InChI is InChI=1S/C14H14ClNO3/c1-2-8-18-12-6-4-3-5-11(12)16-14(17)10-7-9-19-13(10)15/h3-7,9H,2,8H2,1H3,(H,16,17). The second-order valence-corrected chi connectivity index (χ2v) is 4.25. The van der Waals surface area contributed by atoms with Gasteiger partial charge in [0.05, 0.1) is 24.1 Å². The summed E-state index contributed by atoms with van der Waals surface area (Å²) in [6.07, 6.45) is 2.27. The first-order valence-electron chi connectivity index (χ1n) is 5.98. The number of carbonyl (C=O) groups is 1. The summed E-state index contributed by atoms with van der Waals surface area (Å²) in [6.45, 7) is 2.62. The van der Waals surface area contributed by atoms with Crippen LogP contribution in [0.5, 0.6) is 5.75 Å². The van der Waals surface area contributed by atoms with Crippen molar-refractivity contribution in [2.45, 2.75) is 13.3 Å². The van der Waals surface area contributed by atoms with Crippen LogP contribution >= 0.6 is 11.6 Å². The van der Waals surface area contributed by atoms with Crippen molar-refractivity contribution in [1.29, 1.82) is 0 Å². The number of anilines is 1. The second-order valence-electron chi connectivity index (χ2n) is 3.91. The maximum absolute atomic E-state index is 12.0. The SMILES string of the molecule is CCCOc1ccccc1NC(=O)c1ccoc1Cl. The first-order chi connectivity index (χ1) is 9.22. The molecule has 5 heteroatoms. The van der Waals surface area contributed by atoms with E-state index in [0.29, 0.717) is 23.6 Å². The molecule has 0 aliphatic rings. The number of para-hydroxylation sites is 2. The normalized spacial score (nSPS) is 10.2. The number of carbonyl (C=O) groups excluding carboxylic acids is 1. The average Bonchev–Trinajstić information content (AvgIpc) is 2.84. The van der Waals surface area contributed by atoms with E-state index in [1.54, 1.807) is 6.07 Å². The first kappa shape index (κ1) is 13.5. The minimum atomic E-state index is -0.328. The Balaban J connectivity index is 2.15. The quantitative estimate of drug-likeness (QED) is 0.901. The van der Waals surface area contributed by atoms with Gasteiger partial charge in [0.1, 0.15) is 5.75 Å². The third kappa shape index (κ3) is 3.29. The summed E-state index contributed by atoms with van der Waals surface area (Å²) < 4.78 is 10.5. The fraction of sp³-hybridized carbons (Fsp3) is 0.214. The molecule has 1 heterocycles. The van der Waals surface area contributed by atoms with E-state index in [-0.39, 0.29) is 11.1 Å². The predicted molar refractivity (Wildman–Crippen MR) is 73.9 cm³/mol. The maximum Gasteiger partial charge on any atom is 0.260 e. The van der Waals surface area contributed by atoms with E-state index in [1.165, 1.54) is 12.3 Å². The van der Waals surface area contributed by atoms with E-state index in [2.05, 4.69) is 5.32 Å². The largest absolute Gasteiger partial charge is 0.491 e. The molecule has 19 heavy (non-hydrogen) atoms. The molecule has 1 amide bonds. The number of benzene rings is 1. The van der Waals surface area contributed by atoms with Crippen LogP contribution in [-0.4, -0.2) is 12.5 Å². The molecule has 0 radical (unpaired) electrons. The van der Waals surface area contributed by atoms with E-state index in [0.717, 1.165) is 6.42 Å². The zero-order valence-corrected chi connectivity index (χ0v) is 11.2. The summed E-state index contributed by atoms with van der Waals surface area (Å²) >= 11 is 5.77. The van der Waals surface area contributed by atoms with Crippen molar-refractivity contribution in [2.24, 2.45) is 0 Å². The van der Waals surface area contributed by atoms with Crippen molar-refractivity contribution in [3.63, 3.8) is 0 Å². The summed E-state index contributed by atoms with van der Waals surface area (Å²) in [4.78, 5) is 12.0. The molecular formula is C14H14ClNO3.